The Labute approximate surface area is 130 Å². The summed E-state index contributed by atoms with van der Waals surface area (Å²) in [5.74, 6) is 1.43. The molecule has 0 radical (unpaired) electrons. The molecule has 3 N–H and O–H groups in total. The normalized spacial score (nSPS) is 16.2. The smallest absolute Gasteiger partial charge is 0.239 e. The number of nitrogens with one attached hydrogen (secondary N) is 1. The van der Waals surface area contributed by atoms with Crippen LogP contribution in [0.1, 0.15) is 25.5 Å². The average molecular weight is 308 g/mol. The molecule has 2 atom stereocenters. The van der Waals surface area contributed by atoms with Gasteiger partial charge in [0.1, 0.15) is 19.3 Å². The molecule has 0 aromatic heterocycles. The lowest BCUT2D eigenvalue weighted by Gasteiger charge is -2.26. The van der Waals surface area contributed by atoms with Crippen molar-refractivity contribution in [3.8, 4) is 11.5 Å². The number of hydrogen-bond donors (Lipinski definition) is 2. The molecule has 0 saturated heterocycles. The van der Waals surface area contributed by atoms with Crippen molar-refractivity contribution in [3.63, 3.8) is 0 Å². The Kier molecular flexibility index (Phi) is 5.63. The number of carbonyl (C=O) groups excluding carboxylic acids is 1. The van der Waals surface area contributed by atoms with E-state index in [0.29, 0.717) is 19.0 Å². The summed E-state index contributed by atoms with van der Waals surface area (Å²) < 4.78 is 16.0. The van der Waals surface area contributed by atoms with E-state index in [-0.39, 0.29) is 24.5 Å². The molecule has 1 amide bonds. The van der Waals surface area contributed by atoms with E-state index in [1.54, 1.807) is 0 Å². The SMILES string of the molecule is COCC(N)C(=O)NC(c1ccc2c(c1)OCCO2)C(C)C. The van der Waals surface area contributed by atoms with Crippen LogP contribution in [-0.4, -0.2) is 38.9 Å². The summed E-state index contributed by atoms with van der Waals surface area (Å²) in [4.78, 5) is 12.1. The summed E-state index contributed by atoms with van der Waals surface area (Å²) in [6.45, 7) is 5.38. The average Bonchev–Trinajstić information content (AvgIpc) is 2.51. The minimum atomic E-state index is -0.677. The number of methoxy groups -OCH3 is 1. The Bertz CT molecular complexity index is 519. The molecule has 122 valence electrons. The predicted molar refractivity (Wildman–Crippen MR) is 83.0 cm³/mol. The van der Waals surface area contributed by atoms with E-state index in [1.807, 2.05) is 32.0 Å². The van der Waals surface area contributed by atoms with Crippen LogP contribution in [0, 0.1) is 5.92 Å². The first-order valence-electron chi connectivity index (χ1n) is 7.47. The van der Waals surface area contributed by atoms with Crippen LogP contribution in [0.15, 0.2) is 18.2 Å². The van der Waals surface area contributed by atoms with Gasteiger partial charge in [0.15, 0.2) is 11.5 Å². The fourth-order valence-corrected chi connectivity index (χ4v) is 2.40. The Morgan fingerprint density at radius 3 is 2.64 bits per heavy atom. The van der Waals surface area contributed by atoms with E-state index >= 15 is 0 Å². The molecular formula is C16H24N2O4. The second-order valence-electron chi connectivity index (χ2n) is 5.70. The fraction of sp³-hybridized carbons (Fsp3) is 0.562. The van der Waals surface area contributed by atoms with Crippen molar-refractivity contribution in [2.45, 2.75) is 25.9 Å². The summed E-state index contributed by atoms with van der Waals surface area (Å²) in [5.41, 5.74) is 6.75. The zero-order chi connectivity index (χ0) is 16.1. The van der Waals surface area contributed by atoms with Gasteiger partial charge >= 0.3 is 0 Å². The van der Waals surface area contributed by atoms with Gasteiger partial charge in [0.05, 0.1) is 12.6 Å². The molecule has 2 rings (SSSR count). The maximum Gasteiger partial charge on any atom is 0.239 e. The van der Waals surface area contributed by atoms with Crippen molar-refractivity contribution < 1.29 is 19.0 Å². The number of fused-ring (bicyclic) bond motifs is 1. The lowest BCUT2D eigenvalue weighted by atomic mass is 9.95. The van der Waals surface area contributed by atoms with Crippen molar-refractivity contribution in [1.82, 2.24) is 5.32 Å². The quantitative estimate of drug-likeness (QED) is 0.826. The minimum Gasteiger partial charge on any atom is -0.486 e. The molecule has 0 spiro atoms. The van der Waals surface area contributed by atoms with Crippen LogP contribution in [0.5, 0.6) is 11.5 Å². The summed E-state index contributed by atoms with van der Waals surface area (Å²) in [5, 5.41) is 2.98. The van der Waals surface area contributed by atoms with Crippen molar-refractivity contribution in [2.24, 2.45) is 11.7 Å². The highest BCUT2D eigenvalue weighted by atomic mass is 16.6. The first-order valence-corrected chi connectivity index (χ1v) is 7.47. The lowest BCUT2D eigenvalue weighted by Crippen LogP contribution is -2.45. The number of carbonyl (C=O) groups is 1. The van der Waals surface area contributed by atoms with Gasteiger partial charge < -0.3 is 25.3 Å². The zero-order valence-electron chi connectivity index (χ0n) is 13.3. The highest BCUT2D eigenvalue weighted by Crippen LogP contribution is 2.34. The van der Waals surface area contributed by atoms with Gasteiger partial charge in [0.25, 0.3) is 0 Å². The molecule has 6 heteroatoms. The highest BCUT2D eigenvalue weighted by Gasteiger charge is 2.23. The molecule has 0 fully saturated rings. The molecule has 22 heavy (non-hydrogen) atoms. The maximum atomic E-state index is 12.1. The molecule has 1 aliphatic rings. The summed E-state index contributed by atoms with van der Waals surface area (Å²) in [7, 11) is 1.52. The van der Waals surface area contributed by atoms with Crippen LogP contribution in [0.3, 0.4) is 0 Å². The monoisotopic (exact) mass is 308 g/mol. The second kappa shape index (κ2) is 7.47. The van der Waals surface area contributed by atoms with Gasteiger partial charge in [-0.3, -0.25) is 4.79 Å². The molecule has 0 bridgehead atoms. The third-order valence-electron chi connectivity index (χ3n) is 3.57. The maximum absolute atomic E-state index is 12.1. The van der Waals surface area contributed by atoms with E-state index in [0.717, 1.165) is 11.3 Å². The van der Waals surface area contributed by atoms with E-state index in [9.17, 15) is 4.79 Å². The van der Waals surface area contributed by atoms with Crippen molar-refractivity contribution in [2.75, 3.05) is 26.9 Å². The van der Waals surface area contributed by atoms with Crippen LogP contribution in [-0.2, 0) is 9.53 Å². The molecule has 0 saturated carbocycles. The minimum absolute atomic E-state index is 0.147. The zero-order valence-corrected chi connectivity index (χ0v) is 13.3. The number of nitrogens with two attached hydrogens (primary N) is 1. The molecule has 2 unspecified atom stereocenters. The Morgan fingerprint density at radius 2 is 2.00 bits per heavy atom. The van der Waals surface area contributed by atoms with Crippen molar-refractivity contribution >= 4 is 5.91 Å². The molecule has 1 aliphatic heterocycles. The molecule has 1 aromatic carbocycles. The van der Waals surface area contributed by atoms with Gasteiger partial charge in [-0.1, -0.05) is 19.9 Å². The highest BCUT2D eigenvalue weighted by molar-refractivity contribution is 5.82. The third-order valence-corrected chi connectivity index (χ3v) is 3.57. The van der Waals surface area contributed by atoms with Gasteiger partial charge in [-0.15, -0.1) is 0 Å². The van der Waals surface area contributed by atoms with E-state index < -0.39 is 6.04 Å². The summed E-state index contributed by atoms with van der Waals surface area (Å²) in [6.07, 6.45) is 0. The third kappa shape index (κ3) is 3.90. The lowest BCUT2D eigenvalue weighted by molar-refractivity contribution is -0.124. The molecular weight excluding hydrogens is 284 g/mol. The number of benzene rings is 1. The number of amides is 1. The van der Waals surface area contributed by atoms with Crippen LogP contribution < -0.4 is 20.5 Å². The van der Waals surface area contributed by atoms with Gasteiger partial charge in [0, 0.05) is 7.11 Å². The van der Waals surface area contributed by atoms with E-state index in [4.69, 9.17) is 19.9 Å². The molecule has 6 nitrogen and oxygen atoms in total. The first kappa shape index (κ1) is 16.6. The Balaban J connectivity index is 2.16. The fourth-order valence-electron chi connectivity index (χ4n) is 2.40. The van der Waals surface area contributed by atoms with E-state index in [2.05, 4.69) is 5.32 Å². The number of hydrogen-bond acceptors (Lipinski definition) is 5. The number of rotatable bonds is 6. The number of ether oxygens (including phenoxy) is 3. The van der Waals surface area contributed by atoms with Gasteiger partial charge in [-0.05, 0) is 23.6 Å². The van der Waals surface area contributed by atoms with Crippen LogP contribution >= 0.6 is 0 Å². The van der Waals surface area contributed by atoms with Crippen LogP contribution in [0.4, 0.5) is 0 Å². The topological polar surface area (TPSA) is 82.8 Å². The molecule has 1 aromatic rings. The van der Waals surface area contributed by atoms with Crippen LogP contribution in [0.2, 0.25) is 0 Å². The molecule has 0 aliphatic carbocycles. The molecule has 1 heterocycles. The van der Waals surface area contributed by atoms with Crippen LogP contribution in [0.25, 0.3) is 0 Å². The predicted octanol–water partition coefficient (Wildman–Crippen LogP) is 1.24. The van der Waals surface area contributed by atoms with Crippen molar-refractivity contribution in [3.05, 3.63) is 23.8 Å². The first-order chi connectivity index (χ1) is 10.5. The Morgan fingerprint density at radius 1 is 1.32 bits per heavy atom. The van der Waals surface area contributed by atoms with Gasteiger partial charge in [0.2, 0.25) is 5.91 Å². The Hall–Kier alpha value is -1.79. The second-order valence-corrected chi connectivity index (χ2v) is 5.70. The largest absolute Gasteiger partial charge is 0.486 e. The summed E-state index contributed by atoms with van der Waals surface area (Å²) >= 11 is 0. The summed E-state index contributed by atoms with van der Waals surface area (Å²) in [6, 6.07) is 4.91. The van der Waals surface area contributed by atoms with Gasteiger partial charge in [-0.2, -0.15) is 0 Å². The van der Waals surface area contributed by atoms with E-state index in [1.165, 1.54) is 7.11 Å². The van der Waals surface area contributed by atoms with Gasteiger partial charge in [-0.25, -0.2) is 0 Å². The standard InChI is InChI=1S/C16H24N2O4/c1-10(2)15(18-16(19)12(17)9-20-3)11-4-5-13-14(8-11)22-7-6-21-13/h4-5,8,10,12,15H,6-7,9,17H2,1-3H3,(H,18,19). The van der Waals surface area contributed by atoms with Crippen molar-refractivity contribution in [1.29, 1.82) is 0 Å².